The molecular weight excluding hydrogens is 300 g/mol. The van der Waals surface area contributed by atoms with Crippen molar-refractivity contribution in [1.29, 1.82) is 0 Å². The molecular formula is C13H13ClN2O5. The van der Waals surface area contributed by atoms with Gasteiger partial charge in [0.25, 0.3) is 11.6 Å². The van der Waals surface area contributed by atoms with Crippen LogP contribution in [-0.2, 0) is 4.79 Å². The molecule has 1 saturated carbocycles. The van der Waals surface area contributed by atoms with Crippen LogP contribution in [0.1, 0.15) is 29.6 Å². The van der Waals surface area contributed by atoms with Gasteiger partial charge >= 0.3 is 5.97 Å². The number of rotatable bonds is 6. The lowest BCUT2D eigenvalue weighted by Gasteiger charge is -2.21. The van der Waals surface area contributed by atoms with Gasteiger partial charge in [0, 0.05) is 24.2 Å². The Balaban J connectivity index is 2.18. The summed E-state index contributed by atoms with van der Waals surface area (Å²) >= 11 is 5.79. The van der Waals surface area contributed by atoms with E-state index in [0.29, 0.717) is 0 Å². The average Bonchev–Trinajstić information content (AvgIpc) is 3.22. The maximum atomic E-state index is 12.4. The molecule has 1 aromatic carbocycles. The molecule has 8 heteroatoms. The minimum Gasteiger partial charge on any atom is -0.481 e. The summed E-state index contributed by atoms with van der Waals surface area (Å²) in [6, 6.07) is 3.81. The molecule has 0 saturated heterocycles. The Hall–Kier alpha value is -2.15. The topological polar surface area (TPSA) is 101 Å². The lowest BCUT2D eigenvalue weighted by atomic mass is 10.1. The van der Waals surface area contributed by atoms with Crippen LogP contribution in [0.5, 0.6) is 0 Å². The van der Waals surface area contributed by atoms with E-state index >= 15 is 0 Å². The standard InChI is InChI=1S/C13H13ClN2O5/c14-10-7-8(1-4-11(10)16(20)21)13(19)15(9-2-3-9)6-5-12(17)18/h1,4,7,9H,2-3,5-6H2,(H,17,18). The zero-order valence-electron chi connectivity index (χ0n) is 11.0. The van der Waals surface area contributed by atoms with E-state index in [2.05, 4.69) is 0 Å². The normalized spacial score (nSPS) is 13.8. The number of carbonyl (C=O) groups excluding carboxylic acids is 1. The largest absolute Gasteiger partial charge is 0.481 e. The van der Waals surface area contributed by atoms with Gasteiger partial charge in [-0.2, -0.15) is 0 Å². The van der Waals surface area contributed by atoms with Crippen LogP contribution in [0.25, 0.3) is 0 Å². The Morgan fingerprint density at radius 3 is 2.57 bits per heavy atom. The first-order chi connectivity index (χ1) is 9.90. The molecule has 1 N–H and O–H groups in total. The summed E-state index contributed by atoms with van der Waals surface area (Å²) in [5.74, 6) is -1.33. The molecule has 21 heavy (non-hydrogen) atoms. The molecule has 0 unspecified atom stereocenters. The fraction of sp³-hybridized carbons (Fsp3) is 0.385. The van der Waals surface area contributed by atoms with Crippen molar-refractivity contribution in [2.75, 3.05) is 6.54 Å². The average molecular weight is 313 g/mol. The van der Waals surface area contributed by atoms with Crippen molar-refractivity contribution >= 4 is 29.2 Å². The second-order valence-corrected chi connectivity index (χ2v) is 5.20. The number of amides is 1. The summed E-state index contributed by atoms with van der Waals surface area (Å²) in [6.07, 6.45) is 1.54. The summed E-state index contributed by atoms with van der Waals surface area (Å²) in [5, 5.41) is 19.3. The zero-order chi connectivity index (χ0) is 15.6. The van der Waals surface area contributed by atoms with E-state index in [1.807, 2.05) is 0 Å². The molecule has 7 nitrogen and oxygen atoms in total. The Bertz CT molecular complexity index is 600. The molecule has 0 aromatic heterocycles. The Morgan fingerprint density at radius 2 is 2.10 bits per heavy atom. The molecule has 1 aliphatic rings. The molecule has 0 atom stereocenters. The Morgan fingerprint density at radius 1 is 1.43 bits per heavy atom. The van der Waals surface area contributed by atoms with Gasteiger partial charge in [-0.3, -0.25) is 19.7 Å². The minimum absolute atomic E-state index is 0.0471. The van der Waals surface area contributed by atoms with Crippen molar-refractivity contribution in [2.45, 2.75) is 25.3 Å². The fourth-order valence-electron chi connectivity index (χ4n) is 2.01. The first-order valence-corrected chi connectivity index (χ1v) is 6.74. The lowest BCUT2D eigenvalue weighted by molar-refractivity contribution is -0.384. The van der Waals surface area contributed by atoms with E-state index in [9.17, 15) is 19.7 Å². The number of nitrogens with zero attached hydrogens (tertiary/aromatic N) is 2. The van der Waals surface area contributed by atoms with E-state index in [0.717, 1.165) is 12.8 Å². The highest BCUT2D eigenvalue weighted by molar-refractivity contribution is 6.33. The first-order valence-electron chi connectivity index (χ1n) is 6.37. The van der Waals surface area contributed by atoms with E-state index in [-0.39, 0.29) is 41.2 Å². The number of carboxylic acid groups (broad SMARTS) is 1. The summed E-state index contributed by atoms with van der Waals surface area (Å²) in [7, 11) is 0. The third kappa shape index (κ3) is 3.69. The molecule has 0 aliphatic heterocycles. The van der Waals surface area contributed by atoms with Gasteiger partial charge in [-0.1, -0.05) is 11.6 Å². The van der Waals surface area contributed by atoms with Crippen LogP contribution in [0.2, 0.25) is 5.02 Å². The first kappa shape index (κ1) is 15.2. The number of hydrogen-bond donors (Lipinski definition) is 1. The minimum atomic E-state index is -0.977. The molecule has 0 radical (unpaired) electrons. The van der Waals surface area contributed by atoms with Gasteiger partial charge in [0.1, 0.15) is 5.02 Å². The van der Waals surface area contributed by atoms with Gasteiger partial charge in [0.15, 0.2) is 0 Å². The van der Waals surface area contributed by atoms with Gasteiger partial charge < -0.3 is 10.0 Å². The van der Waals surface area contributed by atoms with Crippen molar-refractivity contribution in [1.82, 2.24) is 4.90 Å². The second kappa shape index (κ2) is 6.09. The summed E-state index contributed by atoms with van der Waals surface area (Å²) < 4.78 is 0. The van der Waals surface area contributed by atoms with Gasteiger partial charge in [-0.25, -0.2) is 0 Å². The van der Waals surface area contributed by atoms with Crippen LogP contribution in [0, 0.1) is 10.1 Å². The maximum Gasteiger partial charge on any atom is 0.305 e. The third-order valence-corrected chi connectivity index (χ3v) is 3.51. The number of hydrogen-bond acceptors (Lipinski definition) is 4. The number of carboxylic acids is 1. The second-order valence-electron chi connectivity index (χ2n) is 4.80. The highest BCUT2D eigenvalue weighted by atomic mass is 35.5. The number of nitro benzene ring substituents is 1. The fourth-order valence-corrected chi connectivity index (χ4v) is 2.26. The molecule has 1 aliphatic carbocycles. The zero-order valence-corrected chi connectivity index (χ0v) is 11.7. The Labute approximate surface area is 125 Å². The quantitative estimate of drug-likeness (QED) is 0.641. The van der Waals surface area contributed by atoms with E-state index in [1.54, 1.807) is 0 Å². The van der Waals surface area contributed by atoms with Crippen LogP contribution in [-0.4, -0.2) is 39.4 Å². The smallest absolute Gasteiger partial charge is 0.305 e. The van der Waals surface area contributed by atoms with Gasteiger partial charge in [0.05, 0.1) is 11.3 Å². The van der Waals surface area contributed by atoms with Crippen LogP contribution < -0.4 is 0 Å². The molecule has 1 aromatic rings. The van der Waals surface area contributed by atoms with E-state index in [1.165, 1.54) is 23.1 Å². The van der Waals surface area contributed by atoms with Gasteiger partial charge in [0.2, 0.25) is 0 Å². The molecule has 1 amide bonds. The molecule has 112 valence electrons. The molecule has 0 heterocycles. The number of aliphatic carboxylic acids is 1. The number of benzene rings is 1. The van der Waals surface area contributed by atoms with E-state index in [4.69, 9.17) is 16.7 Å². The van der Waals surface area contributed by atoms with Crippen molar-refractivity contribution in [3.63, 3.8) is 0 Å². The number of halogens is 1. The summed E-state index contributed by atoms with van der Waals surface area (Å²) in [5.41, 5.74) is -0.0420. The summed E-state index contributed by atoms with van der Waals surface area (Å²) in [6.45, 7) is 0.118. The predicted octanol–water partition coefficient (Wildman–Crippen LogP) is 2.33. The molecule has 0 bridgehead atoms. The highest BCUT2D eigenvalue weighted by Gasteiger charge is 2.33. The van der Waals surface area contributed by atoms with Crippen molar-refractivity contribution < 1.29 is 19.6 Å². The van der Waals surface area contributed by atoms with E-state index < -0.39 is 10.9 Å². The predicted molar refractivity (Wildman–Crippen MR) is 74.4 cm³/mol. The van der Waals surface area contributed by atoms with Crippen LogP contribution in [0.3, 0.4) is 0 Å². The van der Waals surface area contributed by atoms with Crippen molar-refractivity contribution in [3.05, 3.63) is 38.9 Å². The molecule has 1 fully saturated rings. The molecule has 2 rings (SSSR count). The summed E-state index contributed by atoms with van der Waals surface area (Å²) in [4.78, 5) is 34.6. The number of carbonyl (C=O) groups is 2. The monoisotopic (exact) mass is 312 g/mol. The third-order valence-electron chi connectivity index (χ3n) is 3.21. The number of nitro groups is 1. The molecule has 0 spiro atoms. The van der Waals surface area contributed by atoms with Crippen LogP contribution >= 0.6 is 11.6 Å². The SMILES string of the molecule is O=C(O)CCN(C(=O)c1ccc([N+](=O)[O-])c(Cl)c1)C1CC1. The maximum absolute atomic E-state index is 12.4. The lowest BCUT2D eigenvalue weighted by Crippen LogP contribution is -2.35. The van der Waals surface area contributed by atoms with Crippen LogP contribution in [0.15, 0.2) is 18.2 Å². The van der Waals surface area contributed by atoms with Crippen LogP contribution in [0.4, 0.5) is 5.69 Å². The highest BCUT2D eigenvalue weighted by Crippen LogP contribution is 2.30. The van der Waals surface area contributed by atoms with Crippen molar-refractivity contribution in [3.8, 4) is 0 Å². The Kier molecular flexibility index (Phi) is 4.42. The van der Waals surface area contributed by atoms with Gasteiger partial charge in [-0.15, -0.1) is 0 Å². The van der Waals surface area contributed by atoms with Crippen molar-refractivity contribution in [2.24, 2.45) is 0 Å². The van der Waals surface area contributed by atoms with Gasteiger partial charge in [-0.05, 0) is 25.0 Å².